The number of hydrogen-bond acceptors (Lipinski definition) is 3. The Bertz CT molecular complexity index is 384. The Balaban J connectivity index is 0.00000289. The third-order valence-electron chi connectivity index (χ3n) is 2.32. The van der Waals surface area contributed by atoms with Crippen LogP contribution in [0.15, 0.2) is 18.3 Å². The van der Waals surface area contributed by atoms with Gasteiger partial charge < -0.3 is 10.6 Å². The fourth-order valence-corrected chi connectivity index (χ4v) is 1.63. The first-order chi connectivity index (χ1) is 7.78. The van der Waals surface area contributed by atoms with Crippen LogP contribution in [-0.4, -0.2) is 29.4 Å². The quantitative estimate of drug-likeness (QED) is 0.916. The van der Waals surface area contributed by atoms with Crippen LogP contribution in [0.1, 0.15) is 26.5 Å². The summed E-state index contributed by atoms with van der Waals surface area (Å²) in [7, 11) is 1.82. The molecule has 0 bridgehead atoms. The number of carbonyl (C=O) groups is 1. The highest BCUT2D eigenvalue weighted by molar-refractivity contribution is 5.85. The van der Waals surface area contributed by atoms with Gasteiger partial charge in [0, 0.05) is 19.3 Å². The molecule has 0 radical (unpaired) electrons. The van der Waals surface area contributed by atoms with Gasteiger partial charge in [0.15, 0.2) is 0 Å². The minimum atomic E-state index is 0. The Morgan fingerprint density at radius 3 is 2.44 bits per heavy atom. The molecule has 0 aromatic carbocycles. The average Bonchev–Trinajstić information content (AvgIpc) is 2.19. The molecular formula is C13H22ClN3O. The molecule has 0 saturated carbocycles. The van der Waals surface area contributed by atoms with Gasteiger partial charge in [0.25, 0.3) is 0 Å². The number of pyridine rings is 1. The third kappa shape index (κ3) is 5.87. The lowest BCUT2D eigenvalue weighted by atomic mass is 9.96. The van der Waals surface area contributed by atoms with E-state index in [9.17, 15) is 4.79 Å². The first-order valence-electron chi connectivity index (χ1n) is 5.72. The van der Waals surface area contributed by atoms with E-state index in [2.05, 4.69) is 25.8 Å². The van der Waals surface area contributed by atoms with E-state index in [0.717, 1.165) is 12.2 Å². The summed E-state index contributed by atoms with van der Waals surface area (Å²) in [5.41, 5.74) is 7.02. The van der Waals surface area contributed by atoms with Crippen molar-refractivity contribution in [3.05, 3.63) is 24.0 Å². The Morgan fingerprint density at radius 1 is 1.39 bits per heavy atom. The van der Waals surface area contributed by atoms with E-state index in [-0.39, 0.29) is 23.7 Å². The molecule has 102 valence electrons. The van der Waals surface area contributed by atoms with Crippen molar-refractivity contribution in [2.45, 2.75) is 27.2 Å². The lowest BCUT2D eigenvalue weighted by Crippen LogP contribution is -2.35. The van der Waals surface area contributed by atoms with Crippen LogP contribution in [0.4, 0.5) is 5.69 Å². The van der Waals surface area contributed by atoms with E-state index >= 15 is 0 Å². The lowest BCUT2D eigenvalue weighted by molar-refractivity contribution is -0.130. The summed E-state index contributed by atoms with van der Waals surface area (Å²) >= 11 is 0. The zero-order chi connectivity index (χ0) is 13.1. The number of aromatic nitrogens is 1. The van der Waals surface area contributed by atoms with Crippen molar-refractivity contribution in [1.29, 1.82) is 0 Å². The van der Waals surface area contributed by atoms with Crippen molar-refractivity contribution in [1.82, 2.24) is 9.88 Å². The van der Waals surface area contributed by atoms with Gasteiger partial charge in [0.2, 0.25) is 5.91 Å². The first kappa shape index (κ1) is 16.7. The molecule has 0 atom stereocenters. The summed E-state index contributed by atoms with van der Waals surface area (Å²) in [4.78, 5) is 17.8. The minimum absolute atomic E-state index is 0. The predicted octanol–water partition coefficient (Wildman–Crippen LogP) is 2.13. The van der Waals surface area contributed by atoms with Gasteiger partial charge in [-0.05, 0) is 17.5 Å². The third-order valence-corrected chi connectivity index (χ3v) is 2.32. The van der Waals surface area contributed by atoms with Crippen LogP contribution in [0.5, 0.6) is 0 Å². The van der Waals surface area contributed by atoms with Gasteiger partial charge in [-0.25, -0.2) is 0 Å². The minimum Gasteiger partial charge on any atom is -0.397 e. The summed E-state index contributed by atoms with van der Waals surface area (Å²) < 4.78 is 0. The molecule has 0 aliphatic heterocycles. The van der Waals surface area contributed by atoms with Gasteiger partial charge in [0.05, 0.1) is 18.3 Å². The van der Waals surface area contributed by atoms with Gasteiger partial charge in [-0.3, -0.25) is 9.78 Å². The molecule has 1 aromatic rings. The van der Waals surface area contributed by atoms with Gasteiger partial charge in [-0.1, -0.05) is 20.8 Å². The molecule has 0 aliphatic carbocycles. The smallest absolute Gasteiger partial charge is 0.228 e. The summed E-state index contributed by atoms with van der Waals surface area (Å²) in [6, 6.07) is 3.55. The zero-order valence-corrected chi connectivity index (χ0v) is 12.3. The highest BCUT2D eigenvalue weighted by Crippen LogP contribution is 2.14. The van der Waals surface area contributed by atoms with E-state index in [1.165, 1.54) is 0 Å². The van der Waals surface area contributed by atoms with Crippen molar-refractivity contribution in [2.75, 3.05) is 19.3 Å². The topological polar surface area (TPSA) is 59.2 Å². The summed E-state index contributed by atoms with van der Waals surface area (Å²) in [5, 5.41) is 0. The monoisotopic (exact) mass is 271 g/mol. The number of amides is 1. The number of anilines is 1. The van der Waals surface area contributed by atoms with Crippen LogP contribution >= 0.6 is 12.4 Å². The standard InChI is InChI=1S/C13H21N3O.ClH/c1-13(2,3)9-16(4)12(17)7-11-6-5-10(14)8-15-11;/h5-6,8H,7,9,14H2,1-4H3;1H. The van der Waals surface area contributed by atoms with E-state index in [1.807, 2.05) is 7.05 Å². The molecule has 1 aromatic heterocycles. The average molecular weight is 272 g/mol. The highest BCUT2D eigenvalue weighted by Gasteiger charge is 2.17. The van der Waals surface area contributed by atoms with Crippen molar-refractivity contribution >= 4 is 24.0 Å². The maximum absolute atomic E-state index is 11.9. The molecular weight excluding hydrogens is 250 g/mol. The summed E-state index contributed by atoms with van der Waals surface area (Å²) in [6.07, 6.45) is 1.90. The Hall–Kier alpha value is -1.29. The van der Waals surface area contributed by atoms with E-state index in [0.29, 0.717) is 12.1 Å². The van der Waals surface area contributed by atoms with Crippen molar-refractivity contribution in [3.8, 4) is 0 Å². The number of likely N-dealkylation sites (N-methyl/N-ethyl adjacent to an activating group) is 1. The van der Waals surface area contributed by atoms with Crippen LogP contribution in [0.25, 0.3) is 0 Å². The van der Waals surface area contributed by atoms with Crippen molar-refractivity contribution < 1.29 is 4.79 Å². The second-order valence-corrected chi connectivity index (χ2v) is 5.57. The van der Waals surface area contributed by atoms with Gasteiger partial charge in [-0.2, -0.15) is 0 Å². The molecule has 1 heterocycles. The predicted molar refractivity (Wildman–Crippen MR) is 76.7 cm³/mol. The van der Waals surface area contributed by atoms with Crippen LogP contribution < -0.4 is 5.73 Å². The molecule has 0 aliphatic rings. The lowest BCUT2D eigenvalue weighted by Gasteiger charge is -2.26. The van der Waals surface area contributed by atoms with Gasteiger partial charge in [0.1, 0.15) is 0 Å². The largest absolute Gasteiger partial charge is 0.397 e. The van der Waals surface area contributed by atoms with Crippen LogP contribution in [0, 0.1) is 5.41 Å². The number of nitrogen functional groups attached to an aromatic ring is 1. The van der Waals surface area contributed by atoms with Crippen LogP contribution in [0.3, 0.4) is 0 Å². The first-order valence-corrected chi connectivity index (χ1v) is 5.72. The van der Waals surface area contributed by atoms with Crippen LogP contribution in [0.2, 0.25) is 0 Å². The normalized spacial score (nSPS) is 10.7. The van der Waals surface area contributed by atoms with Gasteiger partial charge in [-0.15, -0.1) is 12.4 Å². The van der Waals surface area contributed by atoms with E-state index < -0.39 is 0 Å². The van der Waals surface area contributed by atoms with E-state index in [4.69, 9.17) is 5.73 Å². The fourth-order valence-electron chi connectivity index (χ4n) is 1.63. The molecule has 0 saturated heterocycles. The maximum Gasteiger partial charge on any atom is 0.228 e. The highest BCUT2D eigenvalue weighted by atomic mass is 35.5. The Kier molecular flexibility index (Phi) is 6.12. The number of rotatable bonds is 3. The molecule has 1 amide bonds. The maximum atomic E-state index is 11.9. The van der Waals surface area contributed by atoms with Crippen LogP contribution in [-0.2, 0) is 11.2 Å². The fraction of sp³-hybridized carbons (Fsp3) is 0.538. The molecule has 2 N–H and O–H groups in total. The number of halogens is 1. The molecule has 1 rings (SSSR count). The molecule has 5 heteroatoms. The summed E-state index contributed by atoms with van der Waals surface area (Å²) in [6.45, 7) is 7.07. The number of nitrogens with zero attached hydrogens (tertiary/aromatic N) is 2. The second-order valence-electron chi connectivity index (χ2n) is 5.57. The molecule has 0 fully saturated rings. The second kappa shape index (κ2) is 6.59. The SMILES string of the molecule is CN(CC(C)(C)C)C(=O)Cc1ccc(N)cn1.Cl. The molecule has 0 spiro atoms. The zero-order valence-electron chi connectivity index (χ0n) is 11.4. The van der Waals surface area contributed by atoms with Crippen molar-refractivity contribution in [2.24, 2.45) is 5.41 Å². The molecule has 0 unspecified atom stereocenters. The number of nitrogens with two attached hydrogens (primary N) is 1. The Morgan fingerprint density at radius 2 is 2.00 bits per heavy atom. The number of hydrogen-bond donors (Lipinski definition) is 1. The van der Waals surface area contributed by atoms with E-state index in [1.54, 1.807) is 23.2 Å². The van der Waals surface area contributed by atoms with Crippen molar-refractivity contribution in [3.63, 3.8) is 0 Å². The molecule has 18 heavy (non-hydrogen) atoms. The van der Waals surface area contributed by atoms with Gasteiger partial charge >= 0.3 is 0 Å². The number of carbonyl (C=O) groups excluding carboxylic acids is 1. The summed E-state index contributed by atoms with van der Waals surface area (Å²) in [5.74, 6) is 0.0807. The molecule has 4 nitrogen and oxygen atoms in total. The Labute approximate surface area is 115 Å².